The molecule has 0 fully saturated rings. The zero-order chi connectivity index (χ0) is 23.0. The van der Waals surface area contributed by atoms with Crippen molar-refractivity contribution < 1.29 is 5.11 Å². The molecule has 0 radical (unpaired) electrons. The van der Waals surface area contributed by atoms with E-state index in [1.807, 2.05) is 0 Å². The topological polar surface area (TPSA) is 123 Å². The Morgan fingerprint density at radius 3 is 2.66 bits per heavy atom. The van der Waals surface area contributed by atoms with Crippen molar-refractivity contribution in [2.75, 3.05) is 5.32 Å². The molecule has 12 heteroatoms. The number of imidazole rings is 1. The predicted octanol–water partition coefficient (Wildman–Crippen LogP) is 3.98. The highest BCUT2D eigenvalue weighted by Crippen LogP contribution is 2.35. The highest BCUT2D eigenvalue weighted by Gasteiger charge is 2.19. The van der Waals surface area contributed by atoms with Crippen LogP contribution < -0.4 is 16.4 Å². The largest absolute Gasteiger partial charge is 0.504 e. The Morgan fingerprint density at radius 1 is 1.16 bits per heavy atom. The van der Waals surface area contributed by atoms with Crippen LogP contribution >= 0.6 is 35.4 Å². The van der Waals surface area contributed by atoms with E-state index < -0.39 is 0 Å². The minimum absolute atomic E-state index is 0.0466. The summed E-state index contributed by atoms with van der Waals surface area (Å²) in [6, 6.07) is 10.3. The van der Waals surface area contributed by atoms with Crippen molar-refractivity contribution in [3.63, 3.8) is 0 Å². The molecule has 0 aliphatic carbocycles. The van der Waals surface area contributed by atoms with Crippen molar-refractivity contribution in [2.45, 2.75) is 6.92 Å². The van der Waals surface area contributed by atoms with Gasteiger partial charge in [0.05, 0.1) is 26.8 Å². The third-order valence-corrected chi connectivity index (χ3v) is 5.59. The molecular formula is C20H17Cl2N7O2S. The van der Waals surface area contributed by atoms with E-state index in [1.165, 1.54) is 4.68 Å². The molecule has 0 saturated carbocycles. The van der Waals surface area contributed by atoms with Crippen LogP contribution in [-0.4, -0.2) is 35.7 Å². The first kappa shape index (κ1) is 21.9. The molecule has 0 atom stereocenters. The number of aromatic hydroxyl groups is 1. The van der Waals surface area contributed by atoms with Crippen LogP contribution in [-0.2, 0) is 7.05 Å². The number of halogens is 2. The molecule has 0 unspecified atom stereocenters. The van der Waals surface area contributed by atoms with Gasteiger partial charge in [-0.2, -0.15) is 10.2 Å². The molecule has 2 heterocycles. The number of H-pyrrole nitrogens is 2. The molecule has 4 aromatic rings. The molecular weight excluding hydrogens is 473 g/mol. The fourth-order valence-electron chi connectivity index (χ4n) is 3.18. The number of rotatable bonds is 4. The lowest BCUT2D eigenvalue weighted by molar-refractivity contribution is 0.475. The van der Waals surface area contributed by atoms with Crippen molar-refractivity contribution in [3.8, 4) is 17.0 Å². The minimum atomic E-state index is -0.284. The Labute approximate surface area is 197 Å². The SMILES string of the molecule is CC(=NNC(=S)Nc1ccc2[nH]c(=O)[nH]c2c1)c1nn(C)c(-c2ccc(Cl)c(Cl)c2)c1O. The summed E-state index contributed by atoms with van der Waals surface area (Å²) >= 11 is 17.4. The summed E-state index contributed by atoms with van der Waals surface area (Å²) < 4.78 is 1.53. The van der Waals surface area contributed by atoms with Gasteiger partial charge in [-0.15, -0.1) is 0 Å². The lowest BCUT2D eigenvalue weighted by Gasteiger charge is -2.07. The first-order valence-electron chi connectivity index (χ1n) is 9.28. The quantitative estimate of drug-likeness (QED) is 0.168. The van der Waals surface area contributed by atoms with Crippen molar-refractivity contribution >= 4 is 63.0 Å². The van der Waals surface area contributed by atoms with E-state index in [4.69, 9.17) is 35.4 Å². The Balaban J connectivity index is 1.51. The number of nitrogens with one attached hydrogen (secondary N) is 4. The van der Waals surface area contributed by atoms with Gasteiger partial charge in [-0.05, 0) is 49.5 Å². The number of nitrogens with zero attached hydrogens (tertiary/aromatic N) is 3. The molecule has 0 aliphatic heterocycles. The van der Waals surface area contributed by atoms with E-state index in [1.54, 1.807) is 50.4 Å². The van der Waals surface area contributed by atoms with Crippen LogP contribution in [0, 0.1) is 0 Å². The Bertz CT molecular complexity index is 1440. The smallest absolute Gasteiger partial charge is 0.323 e. The maximum Gasteiger partial charge on any atom is 0.323 e. The fraction of sp³-hybridized carbons (Fsp3) is 0.100. The molecule has 164 valence electrons. The monoisotopic (exact) mass is 489 g/mol. The second-order valence-corrected chi connectivity index (χ2v) is 8.12. The van der Waals surface area contributed by atoms with Gasteiger partial charge in [-0.3, -0.25) is 10.1 Å². The van der Waals surface area contributed by atoms with Crippen LogP contribution in [0.15, 0.2) is 46.3 Å². The average molecular weight is 490 g/mol. The highest BCUT2D eigenvalue weighted by atomic mass is 35.5. The number of hydrogen-bond donors (Lipinski definition) is 5. The summed E-state index contributed by atoms with van der Waals surface area (Å²) in [4.78, 5) is 16.7. The Morgan fingerprint density at radius 2 is 1.91 bits per heavy atom. The van der Waals surface area contributed by atoms with Gasteiger partial charge in [0.25, 0.3) is 0 Å². The number of aromatic nitrogens is 4. The first-order chi connectivity index (χ1) is 15.2. The Kier molecular flexibility index (Phi) is 5.92. The highest BCUT2D eigenvalue weighted by molar-refractivity contribution is 7.80. The average Bonchev–Trinajstić information content (AvgIpc) is 3.26. The predicted molar refractivity (Wildman–Crippen MR) is 131 cm³/mol. The number of aromatic amines is 2. The van der Waals surface area contributed by atoms with Crippen molar-refractivity contribution in [1.82, 2.24) is 25.2 Å². The minimum Gasteiger partial charge on any atom is -0.504 e. The normalized spacial score (nSPS) is 11.7. The zero-order valence-corrected chi connectivity index (χ0v) is 19.2. The molecule has 0 spiro atoms. The lowest BCUT2D eigenvalue weighted by atomic mass is 10.1. The van der Waals surface area contributed by atoms with Gasteiger partial charge in [0.2, 0.25) is 0 Å². The fourth-order valence-corrected chi connectivity index (χ4v) is 3.64. The third-order valence-electron chi connectivity index (χ3n) is 4.66. The van der Waals surface area contributed by atoms with Crippen LogP contribution in [0.5, 0.6) is 5.75 Å². The molecule has 32 heavy (non-hydrogen) atoms. The third kappa shape index (κ3) is 4.33. The second kappa shape index (κ2) is 8.65. The number of benzene rings is 2. The number of aryl methyl sites for hydroxylation is 1. The molecule has 2 aromatic heterocycles. The van der Waals surface area contributed by atoms with Gasteiger partial charge in [-0.1, -0.05) is 29.3 Å². The zero-order valence-electron chi connectivity index (χ0n) is 16.8. The lowest BCUT2D eigenvalue weighted by Crippen LogP contribution is -2.25. The number of fused-ring (bicyclic) bond motifs is 1. The van der Waals surface area contributed by atoms with E-state index in [-0.39, 0.29) is 22.2 Å². The number of hydrazone groups is 1. The van der Waals surface area contributed by atoms with Crippen LogP contribution in [0.25, 0.3) is 22.3 Å². The molecule has 2 aromatic carbocycles. The van der Waals surface area contributed by atoms with E-state index in [9.17, 15) is 9.90 Å². The standard InChI is InChI=1S/C20H17Cl2N7O2S/c1-9(16-18(30)17(29(2)28-16)10-3-5-12(21)13(22)7-10)26-27-20(32)23-11-4-6-14-15(8-11)25-19(31)24-14/h3-8,30H,1-2H3,(H2,23,27,32)(H2,24,25,31). The van der Waals surface area contributed by atoms with Crippen LogP contribution in [0.2, 0.25) is 10.0 Å². The number of anilines is 1. The maximum absolute atomic E-state index is 11.4. The van der Waals surface area contributed by atoms with E-state index in [0.29, 0.717) is 43.7 Å². The molecule has 0 bridgehead atoms. The van der Waals surface area contributed by atoms with Crippen molar-refractivity contribution in [2.24, 2.45) is 12.1 Å². The van der Waals surface area contributed by atoms with Gasteiger partial charge in [0.1, 0.15) is 5.69 Å². The maximum atomic E-state index is 11.4. The van der Waals surface area contributed by atoms with Crippen molar-refractivity contribution in [3.05, 3.63) is 62.6 Å². The summed E-state index contributed by atoms with van der Waals surface area (Å²) in [6.45, 7) is 1.69. The molecule has 9 nitrogen and oxygen atoms in total. The summed E-state index contributed by atoms with van der Waals surface area (Å²) in [5.74, 6) is -0.0466. The van der Waals surface area contributed by atoms with Gasteiger partial charge in [0, 0.05) is 18.3 Å². The van der Waals surface area contributed by atoms with E-state index in [2.05, 4.69) is 30.9 Å². The van der Waals surface area contributed by atoms with Gasteiger partial charge >= 0.3 is 5.69 Å². The van der Waals surface area contributed by atoms with Crippen LogP contribution in [0.3, 0.4) is 0 Å². The van der Waals surface area contributed by atoms with Gasteiger partial charge in [0.15, 0.2) is 16.6 Å². The van der Waals surface area contributed by atoms with E-state index >= 15 is 0 Å². The Hall–Kier alpha value is -3.34. The summed E-state index contributed by atoms with van der Waals surface area (Å²) in [5, 5.41) is 23.3. The molecule has 5 N–H and O–H groups in total. The van der Waals surface area contributed by atoms with Gasteiger partial charge < -0.3 is 20.4 Å². The summed E-state index contributed by atoms with van der Waals surface area (Å²) in [7, 11) is 1.70. The summed E-state index contributed by atoms with van der Waals surface area (Å²) in [5.41, 5.74) is 6.29. The number of hydrogen-bond acceptors (Lipinski definition) is 5. The molecule has 0 aliphatic rings. The molecule has 4 rings (SSSR count). The summed E-state index contributed by atoms with van der Waals surface area (Å²) in [6.07, 6.45) is 0. The van der Waals surface area contributed by atoms with Crippen LogP contribution in [0.1, 0.15) is 12.6 Å². The second-order valence-electron chi connectivity index (χ2n) is 6.90. The first-order valence-corrected chi connectivity index (χ1v) is 10.4. The van der Waals surface area contributed by atoms with E-state index in [0.717, 1.165) is 0 Å². The van der Waals surface area contributed by atoms with Gasteiger partial charge in [-0.25, -0.2) is 4.79 Å². The molecule has 0 amide bonds. The van der Waals surface area contributed by atoms with Crippen LogP contribution in [0.4, 0.5) is 5.69 Å². The molecule has 0 saturated heterocycles. The van der Waals surface area contributed by atoms with Crippen molar-refractivity contribution in [1.29, 1.82) is 0 Å². The number of thiocarbonyl (C=S) groups is 1.